The summed E-state index contributed by atoms with van der Waals surface area (Å²) in [6.07, 6.45) is 3.14. The molecule has 0 spiro atoms. The number of rotatable bonds is 6. The third-order valence-electron chi connectivity index (χ3n) is 3.58. The van der Waals surface area contributed by atoms with Gasteiger partial charge in [0, 0.05) is 26.4 Å². The van der Waals surface area contributed by atoms with E-state index in [4.69, 9.17) is 5.11 Å². The van der Waals surface area contributed by atoms with Crippen molar-refractivity contribution in [1.82, 2.24) is 9.80 Å². The van der Waals surface area contributed by atoms with E-state index in [1.54, 1.807) is 4.90 Å². The zero-order valence-electron chi connectivity index (χ0n) is 11.4. The van der Waals surface area contributed by atoms with Crippen LogP contribution in [-0.2, 0) is 9.59 Å². The Bertz CT molecular complexity index is 286. The molecule has 5 heteroatoms. The van der Waals surface area contributed by atoms with Gasteiger partial charge in [-0.3, -0.25) is 9.59 Å². The van der Waals surface area contributed by atoms with Crippen molar-refractivity contribution in [2.24, 2.45) is 5.92 Å². The average Bonchev–Trinajstić information content (AvgIpc) is 2.31. The number of hydrogen-bond donors (Lipinski definition) is 1. The maximum atomic E-state index is 11.8. The van der Waals surface area contributed by atoms with E-state index in [2.05, 4.69) is 11.9 Å². The zero-order chi connectivity index (χ0) is 13.5. The molecule has 1 saturated heterocycles. The van der Waals surface area contributed by atoms with E-state index >= 15 is 0 Å². The molecule has 1 fully saturated rings. The molecular weight excluding hydrogens is 232 g/mol. The monoisotopic (exact) mass is 256 g/mol. The van der Waals surface area contributed by atoms with Gasteiger partial charge < -0.3 is 14.9 Å². The van der Waals surface area contributed by atoms with Crippen LogP contribution in [0.5, 0.6) is 0 Å². The Hall–Kier alpha value is -1.10. The smallest absolute Gasteiger partial charge is 0.303 e. The molecule has 0 aromatic carbocycles. The Balaban J connectivity index is 2.20. The van der Waals surface area contributed by atoms with Crippen LogP contribution >= 0.6 is 0 Å². The number of nitrogens with zero attached hydrogens (tertiary/aromatic N) is 2. The van der Waals surface area contributed by atoms with Crippen LogP contribution in [0.25, 0.3) is 0 Å². The first-order chi connectivity index (χ1) is 8.49. The molecular formula is C13H24N2O3. The molecule has 1 heterocycles. The summed E-state index contributed by atoms with van der Waals surface area (Å²) in [5, 5.41) is 8.52. The number of carbonyl (C=O) groups is 2. The van der Waals surface area contributed by atoms with Gasteiger partial charge in [-0.1, -0.05) is 0 Å². The summed E-state index contributed by atoms with van der Waals surface area (Å²) in [6, 6.07) is 0. The van der Waals surface area contributed by atoms with Gasteiger partial charge >= 0.3 is 5.97 Å². The second kappa shape index (κ2) is 7.36. The second-order valence-electron chi connectivity index (χ2n) is 5.27. The first-order valence-electron chi connectivity index (χ1n) is 6.63. The van der Waals surface area contributed by atoms with Gasteiger partial charge in [-0.05, 0) is 45.3 Å². The number of carboxylic acids is 1. The number of hydrogen-bond acceptors (Lipinski definition) is 3. The van der Waals surface area contributed by atoms with Crippen LogP contribution in [0.15, 0.2) is 0 Å². The fourth-order valence-electron chi connectivity index (χ4n) is 2.32. The first kappa shape index (κ1) is 15.0. The Labute approximate surface area is 109 Å². The predicted octanol–water partition coefficient (Wildman–Crippen LogP) is 1.04. The molecule has 1 aliphatic heterocycles. The van der Waals surface area contributed by atoms with Crippen molar-refractivity contribution < 1.29 is 14.7 Å². The Morgan fingerprint density at radius 3 is 2.44 bits per heavy atom. The predicted molar refractivity (Wildman–Crippen MR) is 69.3 cm³/mol. The van der Waals surface area contributed by atoms with Gasteiger partial charge in [0.25, 0.3) is 0 Å². The topological polar surface area (TPSA) is 60.9 Å². The number of aliphatic carboxylic acids is 1. The first-order valence-corrected chi connectivity index (χ1v) is 6.63. The largest absolute Gasteiger partial charge is 0.481 e. The van der Waals surface area contributed by atoms with Gasteiger partial charge in [-0.15, -0.1) is 0 Å². The maximum absolute atomic E-state index is 11.8. The van der Waals surface area contributed by atoms with E-state index in [1.807, 2.05) is 7.05 Å². The lowest BCUT2D eigenvalue weighted by molar-refractivity contribution is -0.137. The lowest BCUT2D eigenvalue weighted by Gasteiger charge is -2.31. The van der Waals surface area contributed by atoms with Gasteiger partial charge in [-0.25, -0.2) is 0 Å². The Kier molecular flexibility index (Phi) is 6.12. The molecule has 0 unspecified atom stereocenters. The fourth-order valence-corrected chi connectivity index (χ4v) is 2.32. The van der Waals surface area contributed by atoms with Crippen molar-refractivity contribution in [3.8, 4) is 0 Å². The van der Waals surface area contributed by atoms with E-state index < -0.39 is 5.97 Å². The van der Waals surface area contributed by atoms with Crippen molar-refractivity contribution in [3.63, 3.8) is 0 Å². The minimum absolute atomic E-state index is 0.0650. The summed E-state index contributed by atoms with van der Waals surface area (Å²) < 4.78 is 0. The van der Waals surface area contributed by atoms with Crippen LogP contribution in [0.4, 0.5) is 0 Å². The zero-order valence-corrected chi connectivity index (χ0v) is 11.4. The molecule has 18 heavy (non-hydrogen) atoms. The number of likely N-dealkylation sites (tertiary alicyclic amines) is 1. The molecule has 1 aliphatic rings. The molecule has 0 aromatic rings. The van der Waals surface area contributed by atoms with Crippen LogP contribution < -0.4 is 0 Å². The van der Waals surface area contributed by atoms with Gasteiger partial charge in [-0.2, -0.15) is 0 Å². The number of carbonyl (C=O) groups excluding carboxylic acids is 1. The van der Waals surface area contributed by atoms with E-state index in [0.29, 0.717) is 18.8 Å². The van der Waals surface area contributed by atoms with Gasteiger partial charge in [0.2, 0.25) is 5.91 Å². The number of piperidine rings is 1. The Morgan fingerprint density at radius 2 is 1.89 bits per heavy atom. The van der Waals surface area contributed by atoms with Crippen LogP contribution in [-0.4, -0.2) is 60.5 Å². The van der Waals surface area contributed by atoms with Crippen LogP contribution in [0, 0.1) is 5.92 Å². The SMILES string of the molecule is CN1CCC(CN(C)C(=O)CCCC(=O)O)CC1. The number of amides is 1. The highest BCUT2D eigenvalue weighted by Crippen LogP contribution is 2.17. The van der Waals surface area contributed by atoms with Crippen LogP contribution in [0.1, 0.15) is 32.1 Å². The fraction of sp³-hybridized carbons (Fsp3) is 0.846. The van der Waals surface area contributed by atoms with E-state index in [9.17, 15) is 9.59 Å². The van der Waals surface area contributed by atoms with Crippen LogP contribution in [0.2, 0.25) is 0 Å². The highest BCUT2D eigenvalue weighted by molar-refractivity contribution is 5.76. The minimum atomic E-state index is -0.833. The molecule has 104 valence electrons. The minimum Gasteiger partial charge on any atom is -0.481 e. The number of carboxylic acid groups (broad SMARTS) is 1. The third kappa shape index (κ3) is 5.49. The standard InChI is InChI=1S/C13H24N2O3/c1-14-8-6-11(7-9-14)10-15(2)12(16)4-3-5-13(17)18/h11H,3-10H2,1-2H3,(H,17,18). The Morgan fingerprint density at radius 1 is 1.28 bits per heavy atom. The highest BCUT2D eigenvalue weighted by Gasteiger charge is 2.20. The van der Waals surface area contributed by atoms with Gasteiger partial charge in [0.1, 0.15) is 0 Å². The molecule has 0 saturated carbocycles. The molecule has 5 nitrogen and oxygen atoms in total. The lowest BCUT2D eigenvalue weighted by Crippen LogP contribution is -2.37. The molecule has 0 radical (unpaired) electrons. The molecule has 1 N–H and O–H groups in total. The molecule has 0 aromatic heterocycles. The molecule has 0 bridgehead atoms. The van der Waals surface area contributed by atoms with Crippen molar-refractivity contribution in [2.45, 2.75) is 32.1 Å². The quantitative estimate of drug-likeness (QED) is 0.771. The summed E-state index contributed by atoms with van der Waals surface area (Å²) in [6.45, 7) is 3.01. The van der Waals surface area contributed by atoms with Crippen molar-refractivity contribution in [1.29, 1.82) is 0 Å². The molecule has 1 amide bonds. The summed E-state index contributed by atoms with van der Waals surface area (Å²) in [5.41, 5.74) is 0. The summed E-state index contributed by atoms with van der Waals surface area (Å²) >= 11 is 0. The molecule has 0 atom stereocenters. The lowest BCUT2D eigenvalue weighted by atomic mass is 9.96. The van der Waals surface area contributed by atoms with Gasteiger partial charge in [0.05, 0.1) is 0 Å². The molecule has 1 rings (SSSR count). The van der Waals surface area contributed by atoms with E-state index in [-0.39, 0.29) is 12.3 Å². The summed E-state index contributed by atoms with van der Waals surface area (Å²) in [5.74, 6) is -0.175. The normalized spacial score (nSPS) is 17.7. The summed E-state index contributed by atoms with van der Waals surface area (Å²) in [4.78, 5) is 26.2. The van der Waals surface area contributed by atoms with Crippen molar-refractivity contribution >= 4 is 11.9 Å². The second-order valence-corrected chi connectivity index (χ2v) is 5.27. The molecule has 0 aliphatic carbocycles. The average molecular weight is 256 g/mol. The van der Waals surface area contributed by atoms with E-state index in [1.165, 1.54) is 0 Å². The van der Waals surface area contributed by atoms with E-state index in [0.717, 1.165) is 32.5 Å². The maximum Gasteiger partial charge on any atom is 0.303 e. The van der Waals surface area contributed by atoms with Crippen LogP contribution in [0.3, 0.4) is 0 Å². The third-order valence-corrected chi connectivity index (χ3v) is 3.58. The van der Waals surface area contributed by atoms with Crippen molar-refractivity contribution in [2.75, 3.05) is 33.7 Å². The highest BCUT2D eigenvalue weighted by atomic mass is 16.4. The van der Waals surface area contributed by atoms with Crippen molar-refractivity contribution in [3.05, 3.63) is 0 Å². The van der Waals surface area contributed by atoms with Gasteiger partial charge in [0.15, 0.2) is 0 Å². The summed E-state index contributed by atoms with van der Waals surface area (Å²) in [7, 11) is 3.94.